The van der Waals surface area contributed by atoms with E-state index in [0.29, 0.717) is 4.91 Å². The second kappa shape index (κ2) is 6.03. The van der Waals surface area contributed by atoms with Gasteiger partial charge in [0.25, 0.3) is 5.91 Å². The first-order chi connectivity index (χ1) is 10.1. The lowest BCUT2D eigenvalue weighted by molar-refractivity contribution is -0.113. The smallest absolute Gasteiger partial charge is 0.286 e. The van der Waals surface area contributed by atoms with Crippen LogP contribution in [-0.2, 0) is 9.53 Å². The van der Waals surface area contributed by atoms with E-state index in [-0.39, 0.29) is 18.1 Å². The molecule has 3 rings (SSSR count). The van der Waals surface area contributed by atoms with Gasteiger partial charge in [0.1, 0.15) is 0 Å². The molecule has 2 aliphatic rings. The van der Waals surface area contributed by atoms with Crippen molar-refractivity contribution in [2.75, 3.05) is 13.1 Å². The molecule has 0 spiro atoms. The number of aliphatic imine (C=N–C) groups is 1. The Bertz CT molecular complexity index is 588. The van der Waals surface area contributed by atoms with E-state index < -0.39 is 0 Å². The van der Waals surface area contributed by atoms with Crippen molar-refractivity contribution >= 4 is 28.9 Å². The van der Waals surface area contributed by atoms with Gasteiger partial charge in [-0.3, -0.25) is 4.79 Å². The molecule has 1 saturated heterocycles. The van der Waals surface area contributed by atoms with Gasteiger partial charge in [0.05, 0.1) is 17.1 Å². The topological polar surface area (TPSA) is 41.9 Å². The van der Waals surface area contributed by atoms with Crippen molar-refractivity contribution in [1.29, 1.82) is 0 Å². The zero-order chi connectivity index (χ0) is 14.8. The average Bonchev–Trinajstić information content (AvgIpc) is 2.80. The zero-order valence-corrected chi connectivity index (χ0v) is 13.0. The van der Waals surface area contributed by atoms with Gasteiger partial charge in [0.2, 0.25) is 0 Å². The summed E-state index contributed by atoms with van der Waals surface area (Å²) in [5, 5.41) is 0.796. The molecule has 1 amide bonds. The Morgan fingerprint density at radius 3 is 2.57 bits per heavy atom. The molecule has 1 aromatic carbocycles. The number of amides is 1. The quantitative estimate of drug-likeness (QED) is 0.748. The summed E-state index contributed by atoms with van der Waals surface area (Å²) in [5.74, 6) is -0.148. The largest absolute Gasteiger partial charge is 0.372 e. The van der Waals surface area contributed by atoms with Gasteiger partial charge < -0.3 is 9.64 Å². The first-order valence-corrected chi connectivity index (χ1v) is 7.91. The molecule has 0 saturated carbocycles. The molecule has 0 aromatic heterocycles. The maximum atomic E-state index is 12.1. The summed E-state index contributed by atoms with van der Waals surface area (Å²) in [7, 11) is 0. The third-order valence-corrected chi connectivity index (χ3v) is 4.44. The van der Waals surface area contributed by atoms with E-state index in [1.165, 1.54) is 11.8 Å². The molecule has 0 aliphatic carbocycles. The summed E-state index contributed by atoms with van der Waals surface area (Å²) in [5.41, 5.74) is 1.02. The summed E-state index contributed by atoms with van der Waals surface area (Å²) < 4.78 is 5.72. The molecule has 5 heteroatoms. The SMILES string of the molecule is C[C@@H]1CN(C2=NC(=O)C(=Cc3ccccc3)S2)C[C@H](C)O1. The number of morpholine rings is 1. The highest BCUT2D eigenvalue weighted by Crippen LogP contribution is 2.31. The molecule has 21 heavy (non-hydrogen) atoms. The van der Waals surface area contributed by atoms with Crippen LogP contribution in [0.2, 0.25) is 0 Å². The van der Waals surface area contributed by atoms with Crippen molar-refractivity contribution in [3.63, 3.8) is 0 Å². The number of nitrogens with zero attached hydrogens (tertiary/aromatic N) is 2. The molecule has 110 valence electrons. The Hall–Kier alpha value is -1.59. The molecular weight excluding hydrogens is 284 g/mol. The number of ether oxygens (including phenoxy) is 1. The highest BCUT2D eigenvalue weighted by molar-refractivity contribution is 8.18. The molecule has 0 unspecified atom stereocenters. The molecule has 1 fully saturated rings. The zero-order valence-electron chi connectivity index (χ0n) is 12.2. The van der Waals surface area contributed by atoms with Gasteiger partial charge in [-0.05, 0) is 37.2 Å². The highest BCUT2D eigenvalue weighted by atomic mass is 32.2. The lowest BCUT2D eigenvalue weighted by Gasteiger charge is -2.35. The Morgan fingerprint density at radius 2 is 1.90 bits per heavy atom. The van der Waals surface area contributed by atoms with Crippen molar-refractivity contribution < 1.29 is 9.53 Å². The number of benzene rings is 1. The fourth-order valence-corrected chi connectivity index (χ4v) is 3.50. The van der Waals surface area contributed by atoms with Gasteiger partial charge in [-0.2, -0.15) is 4.99 Å². The third-order valence-electron chi connectivity index (χ3n) is 3.40. The third kappa shape index (κ3) is 3.36. The van der Waals surface area contributed by atoms with E-state index in [1.807, 2.05) is 50.3 Å². The second-order valence-electron chi connectivity index (χ2n) is 5.38. The fourth-order valence-electron chi connectivity index (χ4n) is 2.57. The van der Waals surface area contributed by atoms with Crippen molar-refractivity contribution in [1.82, 2.24) is 4.90 Å². The molecular formula is C16H18N2O2S. The first-order valence-electron chi connectivity index (χ1n) is 7.10. The average molecular weight is 302 g/mol. The van der Waals surface area contributed by atoms with Crippen LogP contribution < -0.4 is 0 Å². The van der Waals surface area contributed by atoms with Crippen LogP contribution in [0.1, 0.15) is 19.4 Å². The Morgan fingerprint density at radius 1 is 1.24 bits per heavy atom. The number of hydrogen-bond donors (Lipinski definition) is 0. The van der Waals surface area contributed by atoms with Crippen molar-refractivity contribution in [2.45, 2.75) is 26.1 Å². The van der Waals surface area contributed by atoms with Crippen LogP contribution in [0.3, 0.4) is 0 Å². The minimum atomic E-state index is -0.148. The Kier molecular flexibility index (Phi) is 4.12. The van der Waals surface area contributed by atoms with E-state index in [4.69, 9.17) is 4.74 Å². The maximum absolute atomic E-state index is 12.1. The monoisotopic (exact) mass is 302 g/mol. The van der Waals surface area contributed by atoms with Crippen molar-refractivity contribution in [3.05, 3.63) is 40.8 Å². The van der Waals surface area contributed by atoms with Crippen LogP contribution in [0.4, 0.5) is 0 Å². The number of carbonyl (C=O) groups is 1. The van der Waals surface area contributed by atoms with Gasteiger partial charge in [0, 0.05) is 13.1 Å². The summed E-state index contributed by atoms with van der Waals surface area (Å²) in [6.07, 6.45) is 2.22. The van der Waals surface area contributed by atoms with E-state index in [2.05, 4.69) is 9.89 Å². The summed E-state index contributed by atoms with van der Waals surface area (Å²) in [4.78, 5) is 19.1. The minimum Gasteiger partial charge on any atom is -0.372 e. The van der Waals surface area contributed by atoms with Crippen LogP contribution in [0.5, 0.6) is 0 Å². The summed E-state index contributed by atoms with van der Waals surface area (Å²) >= 11 is 1.46. The van der Waals surface area contributed by atoms with E-state index in [0.717, 1.165) is 23.8 Å². The predicted octanol–water partition coefficient (Wildman–Crippen LogP) is 2.77. The van der Waals surface area contributed by atoms with Gasteiger partial charge in [-0.25, -0.2) is 0 Å². The van der Waals surface area contributed by atoms with E-state index in [1.54, 1.807) is 0 Å². The second-order valence-corrected chi connectivity index (χ2v) is 6.39. The van der Waals surface area contributed by atoms with Crippen LogP contribution in [-0.4, -0.2) is 41.3 Å². The van der Waals surface area contributed by atoms with Gasteiger partial charge in [-0.15, -0.1) is 0 Å². The predicted molar refractivity (Wildman–Crippen MR) is 86.0 cm³/mol. The highest BCUT2D eigenvalue weighted by Gasteiger charge is 2.30. The summed E-state index contributed by atoms with van der Waals surface area (Å²) in [6.45, 7) is 5.65. The number of hydrogen-bond acceptors (Lipinski definition) is 4. The molecule has 0 bridgehead atoms. The number of thioether (sulfide) groups is 1. The molecule has 2 heterocycles. The van der Waals surface area contributed by atoms with E-state index >= 15 is 0 Å². The number of carbonyl (C=O) groups excluding carboxylic acids is 1. The molecule has 4 nitrogen and oxygen atoms in total. The molecule has 2 aliphatic heterocycles. The fraction of sp³-hybridized carbons (Fsp3) is 0.375. The molecule has 0 N–H and O–H groups in total. The minimum absolute atomic E-state index is 0.148. The first kappa shape index (κ1) is 14.4. The van der Waals surface area contributed by atoms with Gasteiger partial charge in [0.15, 0.2) is 5.17 Å². The van der Waals surface area contributed by atoms with Gasteiger partial charge in [-0.1, -0.05) is 30.3 Å². The molecule has 2 atom stereocenters. The normalized spacial score (nSPS) is 28.1. The van der Waals surface area contributed by atoms with Crippen LogP contribution in [0, 0.1) is 0 Å². The lowest BCUT2D eigenvalue weighted by Crippen LogP contribution is -2.47. The van der Waals surface area contributed by atoms with Crippen molar-refractivity contribution in [2.24, 2.45) is 4.99 Å². The van der Waals surface area contributed by atoms with Crippen molar-refractivity contribution in [3.8, 4) is 0 Å². The Balaban J connectivity index is 1.74. The Labute approximate surface area is 128 Å². The van der Waals surface area contributed by atoms with Crippen LogP contribution in [0.25, 0.3) is 6.08 Å². The van der Waals surface area contributed by atoms with Crippen LogP contribution >= 0.6 is 11.8 Å². The maximum Gasteiger partial charge on any atom is 0.286 e. The van der Waals surface area contributed by atoms with Gasteiger partial charge >= 0.3 is 0 Å². The summed E-state index contributed by atoms with van der Waals surface area (Å²) in [6, 6.07) is 9.85. The number of amidine groups is 1. The van der Waals surface area contributed by atoms with E-state index in [9.17, 15) is 4.79 Å². The number of rotatable bonds is 1. The molecule has 1 aromatic rings. The molecule has 0 radical (unpaired) electrons. The standard InChI is InChI=1S/C16H18N2O2S/c1-11-9-18(10-12(2)20-11)16-17-15(19)14(21-16)8-13-6-4-3-5-7-13/h3-8,11-12H,9-10H2,1-2H3/t11-,12+. The van der Waals surface area contributed by atoms with Crippen LogP contribution in [0.15, 0.2) is 40.2 Å². The lowest BCUT2D eigenvalue weighted by atomic mass is 10.2.